The molecule has 0 aliphatic heterocycles. The van der Waals surface area contributed by atoms with Gasteiger partial charge in [0.25, 0.3) is 0 Å². The number of hydrogen-bond acceptors (Lipinski definition) is 2. The van der Waals surface area contributed by atoms with Crippen molar-refractivity contribution in [2.45, 2.75) is 57.5 Å². The van der Waals surface area contributed by atoms with E-state index in [0.717, 1.165) is 37.7 Å². The van der Waals surface area contributed by atoms with Crippen LogP contribution in [-0.4, -0.2) is 5.97 Å². The Morgan fingerprint density at radius 2 is 1.67 bits per heavy atom. The maximum atomic E-state index is 12.7. The predicted octanol–water partition coefficient (Wildman–Crippen LogP) is 5.83. The number of benzene rings is 2. The number of hydrogen-bond donors (Lipinski definition) is 0. The second-order valence-electron chi connectivity index (χ2n) is 6.89. The van der Waals surface area contributed by atoms with E-state index in [2.05, 4.69) is 38.1 Å². The molecule has 1 atom stereocenters. The largest absolute Gasteiger partial charge is 0.451 e. The van der Waals surface area contributed by atoms with Gasteiger partial charge >= 0.3 is 5.97 Å². The normalized spacial score (nSPS) is 17.4. The Balaban J connectivity index is 1.79. The first-order chi connectivity index (χ1) is 11.6. The van der Waals surface area contributed by atoms with Crippen molar-refractivity contribution in [1.82, 2.24) is 0 Å². The van der Waals surface area contributed by atoms with Crippen LogP contribution in [0.4, 0.5) is 0 Å². The molecule has 3 rings (SSSR count). The van der Waals surface area contributed by atoms with Crippen LogP contribution in [0.25, 0.3) is 0 Å². The summed E-state index contributed by atoms with van der Waals surface area (Å²) in [6, 6.07) is 18.1. The fourth-order valence-electron chi connectivity index (χ4n) is 3.56. The third-order valence-corrected chi connectivity index (χ3v) is 5.33. The Hall–Kier alpha value is -2.09. The highest BCUT2D eigenvalue weighted by Crippen LogP contribution is 2.42. The first-order valence-electron chi connectivity index (χ1n) is 9.03. The number of carbonyl (C=O) groups is 1. The van der Waals surface area contributed by atoms with Crippen LogP contribution in [0.1, 0.15) is 73.4 Å². The molecule has 2 nitrogen and oxygen atoms in total. The zero-order valence-electron chi connectivity index (χ0n) is 14.6. The zero-order chi connectivity index (χ0) is 17.0. The molecule has 1 fully saturated rings. The van der Waals surface area contributed by atoms with Gasteiger partial charge in [-0.2, -0.15) is 0 Å². The highest BCUT2D eigenvalue weighted by molar-refractivity contribution is 5.89. The standard InChI is InChI=1S/C22H26O2/c1-3-17(2)18-11-13-19(14-12-18)21(23)24-22(15-7-8-16-22)20-9-5-4-6-10-20/h4-6,9-14,17H,3,7-8,15-16H2,1-2H3. The van der Waals surface area contributed by atoms with Gasteiger partial charge in [0.2, 0.25) is 0 Å². The van der Waals surface area contributed by atoms with E-state index in [1.165, 1.54) is 5.56 Å². The average Bonchev–Trinajstić information content (AvgIpc) is 3.11. The van der Waals surface area contributed by atoms with Crippen LogP contribution in [-0.2, 0) is 10.3 Å². The van der Waals surface area contributed by atoms with Crippen LogP contribution in [0.5, 0.6) is 0 Å². The van der Waals surface area contributed by atoms with Gasteiger partial charge in [0.15, 0.2) is 0 Å². The number of ether oxygens (including phenoxy) is 1. The summed E-state index contributed by atoms with van der Waals surface area (Å²) in [6.45, 7) is 4.38. The molecular formula is C22H26O2. The Bertz CT molecular complexity index is 667. The number of esters is 1. The van der Waals surface area contributed by atoms with Crippen LogP contribution in [0, 0.1) is 0 Å². The third kappa shape index (κ3) is 3.38. The van der Waals surface area contributed by atoms with Crippen LogP contribution < -0.4 is 0 Å². The summed E-state index contributed by atoms with van der Waals surface area (Å²) in [4.78, 5) is 12.7. The smallest absolute Gasteiger partial charge is 0.339 e. The lowest BCUT2D eigenvalue weighted by Gasteiger charge is -2.29. The van der Waals surface area contributed by atoms with Gasteiger partial charge in [0, 0.05) is 0 Å². The minimum absolute atomic E-state index is 0.212. The Labute approximate surface area is 144 Å². The minimum Gasteiger partial charge on any atom is -0.451 e. The molecule has 0 saturated heterocycles. The van der Waals surface area contributed by atoms with Gasteiger partial charge < -0.3 is 4.74 Å². The molecule has 0 aromatic heterocycles. The molecule has 2 aromatic rings. The Morgan fingerprint density at radius 1 is 1.04 bits per heavy atom. The summed E-state index contributed by atoms with van der Waals surface area (Å²) >= 11 is 0. The minimum atomic E-state index is -0.451. The molecular weight excluding hydrogens is 296 g/mol. The lowest BCUT2D eigenvalue weighted by molar-refractivity contribution is -0.0183. The molecule has 24 heavy (non-hydrogen) atoms. The highest BCUT2D eigenvalue weighted by Gasteiger charge is 2.39. The highest BCUT2D eigenvalue weighted by atomic mass is 16.6. The van der Waals surface area contributed by atoms with E-state index in [0.29, 0.717) is 11.5 Å². The first kappa shape index (κ1) is 16.8. The summed E-state index contributed by atoms with van der Waals surface area (Å²) in [7, 11) is 0. The van der Waals surface area contributed by atoms with Crippen LogP contribution in [0.2, 0.25) is 0 Å². The molecule has 0 N–H and O–H groups in total. The molecule has 126 valence electrons. The fourth-order valence-corrected chi connectivity index (χ4v) is 3.56. The van der Waals surface area contributed by atoms with E-state index < -0.39 is 5.60 Å². The van der Waals surface area contributed by atoms with E-state index in [9.17, 15) is 4.79 Å². The fraction of sp³-hybridized carbons (Fsp3) is 0.409. The van der Waals surface area contributed by atoms with Crippen LogP contribution in [0.15, 0.2) is 54.6 Å². The number of carbonyl (C=O) groups excluding carboxylic acids is 1. The quantitative estimate of drug-likeness (QED) is 0.648. The molecule has 0 radical (unpaired) electrons. The van der Waals surface area contributed by atoms with Gasteiger partial charge in [-0.15, -0.1) is 0 Å². The SMILES string of the molecule is CCC(C)c1ccc(C(=O)OC2(c3ccccc3)CCCC2)cc1. The molecule has 0 amide bonds. The molecule has 2 heteroatoms. The Kier molecular flexibility index (Phi) is 5.03. The second-order valence-corrected chi connectivity index (χ2v) is 6.89. The molecule has 1 aliphatic carbocycles. The van der Waals surface area contributed by atoms with Crippen molar-refractivity contribution in [2.24, 2.45) is 0 Å². The second kappa shape index (κ2) is 7.21. The van der Waals surface area contributed by atoms with Crippen molar-refractivity contribution in [3.63, 3.8) is 0 Å². The maximum Gasteiger partial charge on any atom is 0.339 e. The van der Waals surface area contributed by atoms with Gasteiger partial charge in [-0.3, -0.25) is 0 Å². The van der Waals surface area contributed by atoms with Crippen molar-refractivity contribution in [3.05, 3.63) is 71.3 Å². The summed E-state index contributed by atoms with van der Waals surface area (Å²) < 4.78 is 6.06. The molecule has 0 bridgehead atoms. The van der Waals surface area contributed by atoms with Crippen molar-refractivity contribution in [2.75, 3.05) is 0 Å². The van der Waals surface area contributed by atoms with Crippen LogP contribution >= 0.6 is 0 Å². The zero-order valence-corrected chi connectivity index (χ0v) is 14.6. The lowest BCUT2D eigenvalue weighted by atomic mass is 9.91. The van der Waals surface area contributed by atoms with E-state index in [1.54, 1.807) is 0 Å². The van der Waals surface area contributed by atoms with Gasteiger partial charge in [-0.05, 0) is 61.3 Å². The van der Waals surface area contributed by atoms with E-state index in [4.69, 9.17) is 4.74 Å². The summed E-state index contributed by atoms with van der Waals surface area (Å²) in [5.41, 5.74) is 2.58. The lowest BCUT2D eigenvalue weighted by Crippen LogP contribution is -2.29. The third-order valence-electron chi connectivity index (χ3n) is 5.33. The first-order valence-corrected chi connectivity index (χ1v) is 9.03. The molecule has 0 spiro atoms. The molecule has 0 heterocycles. The van der Waals surface area contributed by atoms with Gasteiger partial charge in [0.05, 0.1) is 5.56 Å². The molecule has 2 aromatic carbocycles. The van der Waals surface area contributed by atoms with Crippen molar-refractivity contribution < 1.29 is 9.53 Å². The van der Waals surface area contributed by atoms with Gasteiger partial charge in [-0.25, -0.2) is 4.79 Å². The Morgan fingerprint density at radius 3 is 2.25 bits per heavy atom. The van der Waals surface area contributed by atoms with Crippen molar-refractivity contribution in [1.29, 1.82) is 0 Å². The summed E-state index contributed by atoms with van der Waals surface area (Å²) in [5, 5.41) is 0. The van der Waals surface area contributed by atoms with E-state index >= 15 is 0 Å². The monoisotopic (exact) mass is 322 g/mol. The maximum absolute atomic E-state index is 12.7. The predicted molar refractivity (Wildman–Crippen MR) is 97.2 cm³/mol. The number of rotatable bonds is 5. The van der Waals surface area contributed by atoms with Gasteiger partial charge in [-0.1, -0.05) is 56.3 Å². The summed E-state index contributed by atoms with van der Waals surface area (Å²) in [6.07, 6.45) is 5.13. The van der Waals surface area contributed by atoms with Gasteiger partial charge in [0.1, 0.15) is 5.60 Å². The topological polar surface area (TPSA) is 26.3 Å². The van der Waals surface area contributed by atoms with Crippen LogP contribution in [0.3, 0.4) is 0 Å². The molecule has 1 unspecified atom stereocenters. The summed E-state index contributed by atoms with van der Waals surface area (Å²) in [5.74, 6) is 0.303. The van der Waals surface area contributed by atoms with Crippen molar-refractivity contribution >= 4 is 5.97 Å². The average molecular weight is 322 g/mol. The molecule has 1 saturated carbocycles. The molecule has 1 aliphatic rings. The van der Waals surface area contributed by atoms with E-state index in [1.807, 2.05) is 30.3 Å². The van der Waals surface area contributed by atoms with Crippen molar-refractivity contribution in [3.8, 4) is 0 Å². The van der Waals surface area contributed by atoms with E-state index in [-0.39, 0.29) is 5.97 Å².